The van der Waals surface area contributed by atoms with Gasteiger partial charge in [0.1, 0.15) is 6.10 Å². The first kappa shape index (κ1) is 25.0. The van der Waals surface area contributed by atoms with Gasteiger partial charge in [0.2, 0.25) is 5.91 Å². The molecule has 36 heavy (non-hydrogen) atoms. The van der Waals surface area contributed by atoms with Crippen LogP contribution in [0.25, 0.3) is 0 Å². The van der Waals surface area contributed by atoms with E-state index in [2.05, 4.69) is 5.43 Å². The number of amides is 1. The molecule has 2 aliphatic heterocycles. The van der Waals surface area contributed by atoms with Crippen LogP contribution in [-0.4, -0.2) is 61.0 Å². The van der Waals surface area contributed by atoms with Crippen LogP contribution in [0.2, 0.25) is 0 Å². The minimum absolute atomic E-state index is 0.123. The van der Waals surface area contributed by atoms with E-state index in [0.29, 0.717) is 45.6 Å². The molecule has 0 unspecified atom stereocenters. The van der Waals surface area contributed by atoms with Gasteiger partial charge in [-0.1, -0.05) is 13.8 Å². The maximum absolute atomic E-state index is 14.0. The van der Waals surface area contributed by atoms with Crippen molar-refractivity contribution in [2.75, 3.05) is 26.3 Å². The molecule has 0 bridgehead atoms. The van der Waals surface area contributed by atoms with E-state index >= 15 is 0 Å². The van der Waals surface area contributed by atoms with E-state index in [1.54, 1.807) is 12.3 Å². The van der Waals surface area contributed by atoms with Crippen LogP contribution in [0.3, 0.4) is 0 Å². The highest BCUT2D eigenvalue weighted by atomic mass is 16.6. The lowest BCUT2D eigenvalue weighted by Gasteiger charge is -2.61. The third-order valence-electron chi connectivity index (χ3n) is 8.92. The van der Waals surface area contributed by atoms with Crippen LogP contribution in [0.1, 0.15) is 58.1 Å². The number of rotatable bonds is 4. The fourth-order valence-electron chi connectivity index (χ4n) is 7.27. The third kappa shape index (κ3) is 4.14. The molecule has 1 N–H and O–H groups in total. The van der Waals surface area contributed by atoms with E-state index in [1.165, 1.54) is 13.2 Å². The summed E-state index contributed by atoms with van der Waals surface area (Å²) in [5, 5.41) is 1.84. The number of Topliss-reactive ketones (excluding diaryl/α,β-unsaturated/α-hetero) is 1. The lowest BCUT2D eigenvalue weighted by molar-refractivity contribution is -0.208. The fourth-order valence-corrected chi connectivity index (χ4v) is 7.27. The number of furan rings is 1. The van der Waals surface area contributed by atoms with E-state index in [0.717, 1.165) is 5.56 Å². The van der Waals surface area contributed by atoms with Crippen molar-refractivity contribution in [2.24, 2.45) is 28.6 Å². The zero-order valence-corrected chi connectivity index (χ0v) is 21.0. The molecule has 196 valence electrons. The van der Waals surface area contributed by atoms with Crippen molar-refractivity contribution in [3.63, 3.8) is 0 Å². The molecule has 10 nitrogen and oxygen atoms in total. The second-order valence-corrected chi connectivity index (χ2v) is 11.1. The first-order chi connectivity index (χ1) is 17.1. The summed E-state index contributed by atoms with van der Waals surface area (Å²) in [4.78, 5) is 52.9. The number of ether oxygens (including phenoxy) is 3. The summed E-state index contributed by atoms with van der Waals surface area (Å²) in [6.07, 6.45) is 3.06. The van der Waals surface area contributed by atoms with Crippen molar-refractivity contribution >= 4 is 23.6 Å². The van der Waals surface area contributed by atoms with Crippen LogP contribution in [-0.2, 0) is 33.4 Å². The second-order valence-electron chi connectivity index (χ2n) is 11.1. The molecule has 7 atom stereocenters. The van der Waals surface area contributed by atoms with Crippen LogP contribution >= 0.6 is 0 Å². The Morgan fingerprint density at radius 2 is 1.92 bits per heavy atom. The third-order valence-corrected chi connectivity index (χ3v) is 8.92. The van der Waals surface area contributed by atoms with E-state index in [4.69, 9.17) is 18.6 Å². The summed E-state index contributed by atoms with van der Waals surface area (Å²) in [5.74, 6) is -3.03. The number of hydrogen-bond acceptors (Lipinski definition) is 9. The Balaban J connectivity index is 1.51. The summed E-state index contributed by atoms with van der Waals surface area (Å²) in [5.41, 5.74) is 2.26. The highest BCUT2D eigenvalue weighted by Gasteiger charge is 2.67. The maximum atomic E-state index is 14.0. The number of ketones is 1. The summed E-state index contributed by atoms with van der Waals surface area (Å²) in [6, 6.07) is 1.76. The van der Waals surface area contributed by atoms with Crippen molar-refractivity contribution in [1.82, 2.24) is 10.4 Å². The molecule has 0 radical (unpaired) electrons. The van der Waals surface area contributed by atoms with Gasteiger partial charge in [0, 0.05) is 43.8 Å². The molecule has 5 rings (SSSR count). The normalized spacial score (nSPS) is 38.9. The molecule has 1 aromatic rings. The minimum Gasteiger partial charge on any atom is -0.472 e. The number of hydrogen-bond donors (Lipinski definition) is 1. The lowest BCUT2D eigenvalue weighted by Crippen LogP contribution is -2.66. The Hall–Kier alpha value is -2.72. The summed E-state index contributed by atoms with van der Waals surface area (Å²) in [7, 11) is 0. The number of nitrogens with one attached hydrogen (secondary N) is 1. The van der Waals surface area contributed by atoms with Gasteiger partial charge in [-0.05, 0) is 36.2 Å². The van der Waals surface area contributed by atoms with Crippen LogP contribution in [0, 0.1) is 28.6 Å². The highest BCUT2D eigenvalue weighted by Crippen LogP contribution is 2.65. The fraction of sp³-hybridized carbons (Fsp3) is 0.692. The molecule has 4 aliphatic rings. The molecule has 1 aromatic heterocycles. The van der Waals surface area contributed by atoms with Crippen LogP contribution in [0.15, 0.2) is 23.0 Å². The number of nitrogens with zero attached hydrogens (tertiary/aromatic N) is 1. The number of hydrazine groups is 1. The molecule has 4 fully saturated rings. The van der Waals surface area contributed by atoms with Gasteiger partial charge >= 0.3 is 11.9 Å². The van der Waals surface area contributed by atoms with Crippen molar-refractivity contribution < 1.29 is 37.8 Å². The van der Waals surface area contributed by atoms with Crippen molar-refractivity contribution in [2.45, 2.75) is 58.7 Å². The number of carbonyl (C=O) groups is 4. The molecule has 2 saturated heterocycles. The van der Waals surface area contributed by atoms with Gasteiger partial charge in [0.05, 0.1) is 31.7 Å². The molecule has 0 spiro atoms. The Morgan fingerprint density at radius 1 is 1.17 bits per heavy atom. The molecule has 1 amide bonds. The van der Waals surface area contributed by atoms with E-state index in [1.807, 2.05) is 18.9 Å². The molecule has 3 heterocycles. The molecule has 10 heteroatoms. The smallest absolute Gasteiger partial charge is 0.310 e. The Labute approximate surface area is 209 Å². The Bertz CT molecular complexity index is 1030. The number of carbonyl (C=O) groups excluding carboxylic acids is 4. The first-order valence-electron chi connectivity index (χ1n) is 12.7. The van der Waals surface area contributed by atoms with Gasteiger partial charge in [-0.3, -0.25) is 24.6 Å². The number of cyclic esters (lactones) is 1. The van der Waals surface area contributed by atoms with Crippen LogP contribution in [0.4, 0.5) is 0 Å². The summed E-state index contributed by atoms with van der Waals surface area (Å²) < 4.78 is 21.9. The minimum atomic E-state index is -1.04. The average molecular weight is 503 g/mol. The van der Waals surface area contributed by atoms with Gasteiger partial charge in [-0.15, -0.1) is 0 Å². The largest absolute Gasteiger partial charge is 0.472 e. The van der Waals surface area contributed by atoms with Gasteiger partial charge in [0.25, 0.3) is 0 Å². The Morgan fingerprint density at radius 3 is 2.58 bits per heavy atom. The molecule has 2 aliphatic carbocycles. The van der Waals surface area contributed by atoms with Crippen molar-refractivity contribution in [1.29, 1.82) is 0 Å². The van der Waals surface area contributed by atoms with Gasteiger partial charge in [-0.2, -0.15) is 0 Å². The monoisotopic (exact) mass is 502 g/mol. The summed E-state index contributed by atoms with van der Waals surface area (Å²) in [6.45, 7) is 7.40. The lowest BCUT2D eigenvalue weighted by atomic mass is 9.43. The van der Waals surface area contributed by atoms with E-state index in [-0.39, 0.29) is 24.1 Å². The first-order valence-corrected chi connectivity index (χ1v) is 12.7. The quantitative estimate of drug-likeness (QED) is 0.617. The maximum Gasteiger partial charge on any atom is 0.310 e. The molecular formula is C26H34N2O8. The molecule has 0 aromatic carbocycles. The molecular weight excluding hydrogens is 468 g/mol. The number of fused-ring (bicyclic) bond motifs is 3. The number of esters is 2. The van der Waals surface area contributed by atoms with Gasteiger partial charge in [0.15, 0.2) is 11.9 Å². The zero-order valence-electron chi connectivity index (χ0n) is 21.0. The zero-order chi connectivity index (χ0) is 25.7. The molecule has 2 saturated carbocycles. The SMILES string of the molecule is CC(=O)O[C@H]1C[C@@H](C(=O)NN2CCOCC2)[C@]2(C)CC[C@H]3C(=O)O[C@H](c4ccoc4)C[C@]3(C)[C@H]2C1=O. The Kier molecular flexibility index (Phi) is 6.45. The number of morpholine rings is 1. The summed E-state index contributed by atoms with van der Waals surface area (Å²) >= 11 is 0. The second kappa shape index (κ2) is 9.30. The highest BCUT2D eigenvalue weighted by molar-refractivity contribution is 5.93. The predicted molar refractivity (Wildman–Crippen MR) is 124 cm³/mol. The van der Waals surface area contributed by atoms with Crippen LogP contribution < -0.4 is 5.43 Å². The van der Waals surface area contributed by atoms with Crippen LogP contribution in [0.5, 0.6) is 0 Å². The topological polar surface area (TPSA) is 124 Å². The predicted octanol–water partition coefficient (Wildman–Crippen LogP) is 2.19. The standard InChI is InChI=1S/C26H34N2O8/c1-15(29)35-19-12-18(23(31)27-28-7-10-33-11-8-28)25(2)6-4-17-24(32)36-20(16-5-9-34-14-16)13-26(17,3)22(25)21(19)30/h5,9,14,17-20,22H,4,6-8,10-13H2,1-3H3,(H,27,31)/t17-,18-,19-,20-,22-,25-,26-/m0/s1. The van der Waals surface area contributed by atoms with E-state index in [9.17, 15) is 19.2 Å². The average Bonchev–Trinajstić information content (AvgIpc) is 3.35. The van der Waals surface area contributed by atoms with Crippen molar-refractivity contribution in [3.05, 3.63) is 24.2 Å². The van der Waals surface area contributed by atoms with Gasteiger partial charge < -0.3 is 18.6 Å². The van der Waals surface area contributed by atoms with Crippen molar-refractivity contribution in [3.8, 4) is 0 Å². The van der Waals surface area contributed by atoms with E-state index < -0.39 is 46.8 Å². The van der Waals surface area contributed by atoms with Gasteiger partial charge in [-0.25, -0.2) is 5.01 Å².